The number of ether oxygens (including phenoxy) is 1. The molecule has 46 heavy (non-hydrogen) atoms. The van der Waals surface area contributed by atoms with Gasteiger partial charge in [-0.3, -0.25) is 14.4 Å². The van der Waals surface area contributed by atoms with Crippen molar-refractivity contribution < 1.29 is 29.0 Å². The summed E-state index contributed by atoms with van der Waals surface area (Å²) >= 11 is 6.53. The van der Waals surface area contributed by atoms with Crippen LogP contribution in [0.15, 0.2) is 42.5 Å². The molecule has 10 nitrogen and oxygen atoms in total. The highest BCUT2D eigenvalue weighted by molar-refractivity contribution is 6.71. The predicted molar refractivity (Wildman–Crippen MR) is 179 cm³/mol. The Labute approximate surface area is 276 Å². The predicted octanol–water partition coefficient (Wildman–Crippen LogP) is 4.00. The molecule has 248 valence electrons. The van der Waals surface area contributed by atoms with E-state index in [2.05, 4.69) is 10.6 Å². The Morgan fingerprint density at radius 3 is 2.70 bits per heavy atom. The van der Waals surface area contributed by atoms with Crippen LogP contribution in [0.25, 0.3) is 0 Å². The summed E-state index contributed by atoms with van der Waals surface area (Å²) < 4.78 is 6.82. The van der Waals surface area contributed by atoms with Crippen molar-refractivity contribution in [3.05, 3.63) is 58.6 Å². The third-order valence-electron chi connectivity index (χ3n) is 10.4. The topological polar surface area (TPSA) is 131 Å². The van der Waals surface area contributed by atoms with E-state index in [0.29, 0.717) is 35.1 Å². The number of benzene rings is 2. The number of aliphatic hydroxyl groups excluding tert-OH is 1. The summed E-state index contributed by atoms with van der Waals surface area (Å²) in [5.41, 5.74) is 0.984. The van der Waals surface area contributed by atoms with Crippen LogP contribution in [-0.2, 0) is 31.3 Å². The number of carbonyl (C=O) groups is 3. The molecule has 3 fully saturated rings. The third-order valence-corrected chi connectivity index (χ3v) is 13.2. The summed E-state index contributed by atoms with van der Waals surface area (Å²) in [6.45, 7) is 7.91. The molecule has 6 rings (SSSR count). The molecule has 0 aromatic heterocycles. The molecule has 3 amide bonds. The molecule has 0 aliphatic carbocycles. The summed E-state index contributed by atoms with van der Waals surface area (Å²) in [5.74, 6) is -0.927. The van der Waals surface area contributed by atoms with E-state index >= 15 is 0 Å². The number of fused-ring (bicyclic) bond motifs is 2. The smallest absolute Gasteiger partial charge is 0.264 e. The maximum Gasteiger partial charge on any atom is 0.264 e. The van der Waals surface area contributed by atoms with E-state index in [1.54, 1.807) is 21.9 Å². The second-order valence-electron chi connectivity index (χ2n) is 13.9. The Morgan fingerprint density at radius 2 is 1.98 bits per heavy atom. The monoisotopic (exact) mass is 668 g/mol. The Balaban J connectivity index is 1.29. The van der Waals surface area contributed by atoms with Gasteiger partial charge in [-0.25, -0.2) is 0 Å². The van der Waals surface area contributed by atoms with Crippen LogP contribution in [0.1, 0.15) is 50.2 Å². The average molecular weight is 669 g/mol. The normalized spacial score (nSPS) is 29.4. The van der Waals surface area contributed by atoms with Gasteiger partial charge in [0.2, 0.25) is 11.8 Å². The van der Waals surface area contributed by atoms with Gasteiger partial charge in [-0.05, 0) is 81.2 Å². The van der Waals surface area contributed by atoms with Crippen molar-refractivity contribution in [2.45, 2.75) is 82.0 Å². The zero-order valence-corrected chi connectivity index (χ0v) is 28.6. The van der Waals surface area contributed by atoms with Gasteiger partial charge in [-0.15, -0.1) is 0 Å². The first-order chi connectivity index (χ1) is 21.9. The molecule has 0 radical (unpaired) electrons. The highest BCUT2D eigenvalue weighted by Crippen LogP contribution is 2.60. The Hall–Kier alpha value is -2.80. The number of hydrogen-bond donors (Lipinski definition) is 4. The second kappa shape index (κ2) is 13.0. The van der Waals surface area contributed by atoms with Gasteiger partial charge in [0.25, 0.3) is 5.91 Å². The van der Waals surface area contributed by atoms with Crippen LogP contribution in [0.5, 0.6) is 0 Å². The first-order valence-electron chi connectivity index (χ1n) is 16.5. The highest BCUT2D eigenvalue weighted by atomic mass is 35.5. The average Bonchev–Trinajstić information content (AvgIpc) is 3.68. The van der Waals surface area contributed by atoms with Gasteiger partial charge in [-0.2, -0.15) is 0 Å². The maximum absolute atomic E-state index is 14.7. The molecule has 4 aliphatic heterocycles. The highest BCUT2D eigenvalue weighted by Gasteiger charge is 2.66. The van der Waals surface area contributed by atoms with Crippen LogP contribution in [0.4, 0.5) is 11.4 Å². The summed E-state index contributed by atoms with van der Waals surface area (Å²) in [6.07, 6.45) is 2.73. The number of halogens is 1. The van der Waals surface area contributed by atoms with E-state index in [4.69, 9.17) is 16.3 Å². The first kappa shape index (κ1) is 33.1. The van der Waals surface area contributed by atoms with Crippen molar-refractivity contribution in [1.82, 2.24) is 10.2 Å². The molecule has 12 heteroatoms. The molecule has 4 N–H and O–H groups in total. The molecule has 0 saturated carbocycles. The molecule has 2 aromatic rings. The lowest BCUT2D eigenvalue weighted by atomic mass is 9.82. The Kier molecular flexibility index (Phi) is 9.36. The van der Waals surface area contributed by atoms with Crippen LogP contribution in [0.2, 0.25) is 23.7 Å². The number of aliphatic hydroxyl groups is 1. The van der Waals surface area contributed by atoms with Gasteiger partial charge < -0.3 is 35.1 Å². The van der Waals surface area contributed by atoms with Gasteiger partial charge in [0, 0.05) is 40.8 Å². The minimum Gasteiger partial charge on any atom is -0.432 e. The third kappa shape index (κ3) is 6.02. The molecule has 0 bridgehead atoms. The van der Waals surface area contributed by atoms with Gasteiger partial charge >= 0.3 is 0 Å². The molecule has 1 spiro atoms. The molecule has 6 atom stereocenters. The number of rotatable bonds is 8. The van der Waals surface area contributed by atoms with Crippen molar-refractivity contribution in [3.8, 4) is 0 Å². The van der Waals surface area contributed by atoms with E-state index in [1.165, 1.54) is 0 Å². The Bertz CT molecular complexity index is 1500. The fraction of sp³-hybridized carbons (Fsp3) is 0.559. The number of hydrogen-bond acceptors (Lipinski definition) is 7. The summed E-state index contributed by atoms with van der Waals surface area (Å²) in [4.78, 5) is 56.2. The van der Waals surface area contributed by atoms with Gasteiger partial charge in [0.15, 0.2) is 13.9 Å². The lowest BCUT2D eigenvalue weighted by Crippen LogP contribution is -2.46. The summed E-state index contributed by atoms with van der Waals surface area (Å²) in [7, 11) is -2.97. The second-order valence-corrected chi connectivity index (χ2v) is 18.3. The number of carbonyl (C=O) groups excluding carboxylic acids is 3. The summed E-state index contributed by atoms with van der Waals surface area (Å²) in [6, 6.07) is 12.7. The molecular formula is C34H45ClN4O6Si. The van der Waals surface area contributed by atoms with Crippen molar-refractivity contribution in [2.24, 2.45) is 11.8 Å². The van der Waals surface area contributed by atoms with Crippen LogP contribution >= 0.6 is 11.6 Å². The van der Waals surface area contributed by atoms with Crippen molar-refractivity contribution in [3.63, 3.8) is 0 Å². The van der Waals surface area contributed by atoms with Gasteiger partial charge in [-0.1, -0.05) is 30.7 Å². The fourth-order valence-corrected chi connectivity index (χ4v) is 11.0. The van der Waals surface area contributed by atoms with Crippen LogP contribution in [0, 0.1) is 11.8 Å². The quantitative estimate of drug-likeness (QED) is 0.313. The van der Waals surface area contributed by atoms with Crippen molar-refractivity contribution in [2.75, 3.05) is 36.5 Å². The fourth-order valence-electron chi connectivity index (χ4n) is 8.30. The lowest BCUT2D eigenvalue weighted by molar-refractivity contribution is -0.150. The minimum absolute atomic E-state index is 0.0182. The maximum atomic E-state index is 14.7. The van der Waals surface area contributed by atoms with Crippen molar-refractivity contribution in [1.29, 1.82) is 0 Å². The molecular weight excluding hydrogens is 624 g/mol. The largest absolute Gasteiger partial charge is 0.432 e. The number of amides is 3. The van der Waals surface area contributed by atoms with E-state index in [0.717, 1.165) is 37.8 Å². The number of piperidine rings is 1. The van der Waals surface area contributed by atoms with Crippen LogP contribution in [-0.4, -0.2) is 79.2 Å². The van der Waals surface area contributed by atoms with E-state index in [1.807, 2.05) is 50.3 Å². The van der Waals surface area contributed by atoms with Crippen LogP contribution < -0.4 is 15.5 Å². The first-order valence-corrected chi connectivity index (χ1v) is 19.9. The molecule has 3 saturated heterocycles. The molecule has 2 aromatic carbocycles. The van der Waals surface area contributed by atoms with E-state index in [9.17, 15) is 24.3 Å². The van der Waals surface area contributed by atoms with Crippen molar-refractivity contribution >= 4 is 49.0 Å². The molecule has 1 unspecified atom stereocenters. The Morgan fingerprint density at radius 1 is 1.17 bits per heavy atom. The van der Waals surface area contributed by atoms with Gasteiger partial charge in [0.05, 0.1) is 43.3 Å². The zero-order chi connectivity index (χ0) is 32.8. The number of likely N-dealkylation sites (tertiary alicyclic amines) is 1. The molecule has 4 heterocycles. The van der Waals surface area contributed by atoms with Crippen LogP contribution in [0.3, 0.4) is 0 Å². The van der Waals surface area contributed by atoms with Gasteiger partial charge in [0.1, 0.15) is 0 Å². The SMILES string of the molecule is C[C@H]1[C@H]([Si](C)(C)O)[C@@H](CC(=O)N2CCC[C@H]2CO)O[C@]12C(=O)N(Cc1cccc(NC(=O)C3CCCNC3)c1)c1ccc(Cl)cc12. The zero-order valence-electron chi connectivity index (χ0n) is 26.8. The molecule has 4 aliphatic rings. The van der Waals surface area contributed by atoms with E-state index in [-0.39, 0.29) is 49.3 Å². The minimum atomic E-state index is -2.97. The number of nitrogens with one attached hydrogen (secondary N) is 2. The number of nitrogens with zero attached hydrogens (tertiary/aromatic N) is 2. The summed E-state index contributed by atoms with van der Waals surface area (Å²) in [5, 5.41) is 16.6. The van der Waals surface area contributed by atoms with E-state index < -0.39 is 31.5 Å². The number of anilines is 2. The standard InChI is InChI=1S/C34H45ClN4O6Si/c1-21-31(46(2,3)44)29(17-30(41)38-14-6-10-26(38)20-40)45-34(21)27-16-24(35)11-12-28(27)39(33(34)43)19-22-7-4-9-25(15-22)37-32(42)23-8-5-13-36-18-23/h4,7,9,11-12,15-16,21,23,26,29,31,36,40,44H,5-6,8,10,13-14,17-20H2,1-3H3,(H,37,42)/t21-,23?,26-,29+,31-,34+/m0/s1. The lowest BCUT2D eigenvalue weighted by Gasteiger charge is -2.32.